The molecule has 7 nitrogen and oxygen atoms in total. The molecule has 1 aromatic rings. The molecule has 0 bridgehead atoms. The van der Waals surface area contributed by atoms with Gasteiger partial charge >= 0.3 is 0 Å². The lowest BCUT2D eigenvalue weighted by molar-refractivity contribution is -0.0488. The normalized spacial score (nSPS) is 19.2. The molecule has 1 aromatic carbocycles. The van der Waals surface area contributed by atoms with E-state index in [4.69, 9.17) is 20.4 Å². The zero-order chi connectivity index (χ0) is 15.2. The van der Waals surface area contributed by atoms with Crippen molar-refractivity contribution in [2.24, 2.45) is 10.7 Å². The molecule has 0 fully saturated rings. The van der Waals surface area contributed by atoms with Gasteiger partial charge in [-0.15, -0.1) is 0 Å². The van der Waals surface area contributed by atoms with Crippen LogP contribution in [-0.4, -0.2) is 35.2 Å². The first-order valence-electron chi connectivity index (χ1n) is 6.92. The summed E-state index contributed by atoms with van der Waals surface area (Å²) in [6.07, 6.45) is 1.61. The summed E-state index contributed by atoms with van der Waals surface area (Å²) < 4.78 is 11.0. The van der Waals surface area contributed by atoms with Gasteiger partial charge in [-0.3, -0.25) is 5.23 Å². The van der Waals surface area contributed by atoms with E-state index < -0.39 is 0 Å². The third kappa shape index (κ3) is 4.89. The number of ether oxygens (including phenoxy) is 2. The first-order chi connectivity index (χ1) is 10.1. The molecule has 2 rings (SSSR count). The molecular weight excluding hydrogens is 274 g/mol. The number of hydroxylamine groups is 2. The standard InChI is InChI=1S/C14H20N3O4/c1-2-12(7-11-9-20-14(15)16-11)21-13-5-3-10(4-6-13)8-17(18)19/h3-6,11-12,18H,2,7-9H2,1H3,(H2,15,16)/q-1/t11-,12?/m0/s1. The Morgan fingerprint density at radius 1 is 1.52 bits per heavy atom. The average Bonchev–Trinajstić information content (AvgIpc) is 2.85. The van der Waals surface area contributed by atoms with Crippen molar-refractivity contribution < 1.29 is 14.7 Å². The minimum Gasteiger partial charge on any atom is -0.762 e. The second-order valence-corrected chi connectivity index (χ2v) is 4.97. The van der Waals surface area contributed by atoms with E-state index >= 15 is 0 Å². The molecule has 0 spiro atoms. The Balaban J connectivity index is 1.89. The number of nitrogens with zero attached hydrogens (tertiary/aromatic N) is 2. The zero-order valence-corrected chi connectivity index (χ0v) is 11.9. The summed E-state index contributed by atoms with van der Waals surface area (Å²) in [6.45, 7) is 2.48. The van der Waals surface area contributed by atoms with Crippen molar-refractivity contribution in [1.29, 1.82) is 0 Å². The minimum absolute atomic E-state index is 0.0212. The highest BCUT2D eigenvalue weighted by Gasteiger charge is 2.21. The number of hydrogen-bond donors (Lipinski definition) is 2. The van der Waals surface area contributed by atoms with Gasteiger partial charge in [-0.1, -0.05) is 19.1 Å². The van der Waals surface area contributed by atoms with E-state index in [-0.39, 0.29) is 29.9 Å². The van der Waals surface area contributed by atoms with Gasteiger partial charge in [0.15, 0.2) is 0 Å². The van der Waals surface area contributed by atoms with Crippen LogP contribution in [0.2, 0.25) is 0 Å². The number of benzene rings is 1. The van der Waals surface area contributed by atoms with Crippen molar-refractivity contribution in [3.8, 4) is 5.75 Å². The van der Waals surface area contributed by atoms with Crippen LogP contribution in [0, 0.1) is 5.21 Å². The molecule has 0 amide bonds. The Morgan fingerprint density at radius 3 is 2.76 bits per heavy atom. The monoisotopic (exact) mass is 294 g/mol. The minimum atomic E-state index is -0.104. The summed E-state index contributed by atoms with van der Waals surface area (Å²) in [6, 6.07) is 7.34. The number of amidine groups is 1. The van der Waals surface area contributed by atoms with Gasteiger partial charge in [0.25, 0.3) is 6.02 Å². The molecule has 116 valence electrons. The maximum Gasteiger partial charge on any atom is 0.282 e. The second-order valence-electron chi connectivity index (χ2n) is 4.97. The fourth-order valence-electron chi connectivity index (χ4n) is 2.18. The van der Waals surface area contributed by atoms with Gasteiger partial charge in [0.1, 0.15) is 18.5 Å². The van der Waals surface area contributed by atoms with Crippen LogP contribution in [-0.2, 0) is 11.3 Å². The maximum absolute atomic E-state index is 10.5. The van der Waals surface area contributed by atoms with Crippen molar-refractivity contribution in [3.05, 3.63) is 35.0 Å². The van der Waals surface area contributed by atoms with Crippen LogP contribution in [0.3, 0.4) is 0 Å². The summed E-state index contributed by atoms with van der Waals surface area (Å²) in [5.74, 6) is 0.719. The topological polar surface area (TPSA) is 103 Å². The summed E-state index contributed by atoms with van der Waals surface area (Å²) in [7, 11) is 0. The Labute approximate surface area is 123 Å². The molecule has 0 saturated carbocycles. The highest BCUT2D eigenvalue weighted by atomic mass is 16.8. The smallest absolute Gasteiger partial charge is 0.282 e. The van der Waals surface area contributed by atoms with Crippen molar-refractivity contribution in [1.82, 2.24) is 5.23 Å². The molecule has 1 heterocycles. The van der Waals surface area contributed by atoms with E-state index in [1.165, 1.54) is 0 Å². The molecule has 0 aliphatic carbocycles. The lowest BCUT2D eigenvalue weighted by atomic mass is 10.1. The Kier molecular flexibility index (Phi) is 5.38. The molecule has 3 N–H and O–H groups in total. The van der Waals surface area contributed by atoms with Gasteiger partial charge in [0, 0.05) is 13.0 Å². The van der Waals surface area contributed by atoms with Crippen molar-refractivity contribution >= 4 is 6.02 Å². The van der Waals surface area contributed by atoms with Gasteiger partial charge in [-0.05, 0) is 24.1 Å². The van der Waals surface area contributed by atoms with Crippen molar-refractivity contribution in [3.63, 3.8) is 0 Å². The molecule has 1 aliphatic heterocycles. The van der Waals surface area contributed by atoms with Crippen molar-refractivity contribution in [2.45, 2.75) is 38.5 Å². The van der Waals surface area contributed by atoms with Crippen LogP contribution in [0.1, 0.15) is 25.3 Å². The Hall–Kier alpha value is -1.83. The second kappa shape index (κ2) is 7.26. The summed E-state index contributed by atoms with van der Waals surface area (Å²) >= 11 is 0. The van der Waals surface area contributed by atoms with Gasteiger partial charge in [-0.25, -0.2) is 4.99 Å². The van der Waals surface area contributed by atoms with Crippen LogP contribution in [0.4, 0.5) is 0 Å². The van der Waals surface area contributed by atoms with E-state index in [9.17, 15) is 5.21 Å². The average molecular weight is 294 g/mol. The Morgan fingerprint density at radius 2 is 2.24 bits per heavy atom. The Bertz CT molecular complexity index is 476. The molecule has 1 aliphatic rings. The summed E-state index contributed by atoms with van der Waals surface area (Å²) in [4.78, 5) is 4.19. The highest BCUT2D eigenvalue weighted by molar-refractivity contribution is 5.73. The van der Waals surface area contributed by atoms with Crippen LogP contribution in [0.15, 0.2) is 29.3 Å². The molecule has 21 heavy (non-hydrogen) atoms. The molecule has 1 unspecified atom stereocenters. The number of hydrogen-bond acceptors (Lipinski definition) is 7. The molecule has 2 atom stereocenters. The largest absolute Gasteiger partial charge is 0.762 e. The van der Waals surface area contributed by atoms with Crippen LogP contribution >= 0.6 is 0 Å². The van der Waals surface area contributed by atoms with Crippen LogP contribution in [0.5, 0.6) is 5.75 Å². The third-order valence-corrected chi connectivity index (χ3v) is 3.27. The van der Waals surface area contributed by atoms with E-state index in [2.05, 4.69) is 4.99 Å². The molecule has 7 heteroatoms. The lowest BCUT2D eigenvalue weighted by Gasteiger charge is -2.21. The quantitative estimate of drug-likeness (QED) is 0.741. The van der Waals surface area contributed by atoms with Gasteiger partial charge in [0.2, 0.25) is 0 Å². The van der Waals surface area contributed by atoms with E-state index in [0.717, 1.165) is 24.2 Å². The number of nitrogens with two attached hydrogens (primary N) is 1. The summed E-state index contributed by atoms with van der Waals surface area (Å²) in [5.41, 5.74) is 6.21. The van der Waals surface area contributed by atoms with Crippen LogP contribution < -0.4 is 10.5 Å². The van der Waals surface area contributed by atoms with Crippen molar-refractivity contribution in [2.75, 3.05) is 6.61 Å². The van der Waals surface area contributed by atoms with Gasteiger partial charge < -0.3 is 25.6 Å². The third-order valence-electron chi connectivity index (χ3n) is 3.27. The van der Waals surface area contributed by atoms with E-state index in [1.807, 2.05) is 6.92 Å². The predicted octanol–water partition coefficient (Wildman–Crippen LogP) is 1.64. The molecular formula is C14H20N3O4-. The first-order valence-corrected chi connectivity index (χ1v) is 6.92. The van der Waals surface area contributed by atoms with E-state index in [0.29, 0.717) is 6.61 Å². The predicted molar refractivity (Wildman–Crippen MR) is 77.8 cm³/mol. The van der Waals surface area contributed by atoms with E-state index in [1.54, 1.807) is 24.3 Å². The molecule has 0 saturated heterocycles. The number of rotatable bonds is 7. The molecule has 0 aromatic heterocycles. The van der Waals surface area contributed by atoms with Crippen LogP contribution in [0.25, 0.3) is 0 Å². The molecule has 0 radical (unpaired) electrons. The van der Waals surface area contributed by atoms with Gasteiger partial charge in [0.05, 0.1) is 6.04 Å². The lowest BCUT2D eigenvalue weighted by Crippen LogP contribution is -2.22. The van der Waals surface area contributed by atoms with Gasteiger partial charge in [-0.2, -0.15) is 0 Å². The fraction of sp³-hybridized carbons (Fsp3) is 0.500. The highest BCUT2D eigenvalue weighted by Crippen LogP contribution is 2.19. The zero-order valence-electron chi connectivity index (χ0n) is 11.9. The SMILES string of the molecule is CCC(C[C@H]1COC(N)=N1)Oc1ccc(CN([O-])O)cc1. The maximum atomic E-state index is 10.5. The fourth-order valence-corrected chi connectivity index (χ4v) is 2.18. The summed E-state index contributed by atoms with van der Waals surface area (Å²) in [5, 5.41) is 19.1. The first kappa shape index (κ1) is 15.6. The number of aliphatic imine (C=N–C) groups is 1.